The first-order chi connectivity index (χ1) is 12.1. The number of amides is 1. The van der Waals surface area contributed by atoms with Crippen LogP contribution in [0.5, 0.6) is 0 Å². The minimum Gasteiger partial charge on any atom is -0.377 e. The van der Waals surface area contributed by atoms with Crippen LogP contribution in [0.3, 0.4) is 0 Å². The molecule has 1 heterocycles. The molecule has 0 fully saturated rings. The normalized spacial score (nSPS) is 10.2. The van der Waals surface area contributed by atoms with Gasteiger partial charge in [-0.15, -0.1) is 0 Å². The van der Waals surface area contributed by atoms with Crippen molar-refractivity contribution in [2.45, 2.75) is 0 Å². The van der Waals surface area contributed by atoms with E-state index >= 15 is 0 Å². The molecule has 0 aliphatic heterocycles. The average molecular weight is 334 g/mol. The fourth-order valence-electron chi connectivity index (χ4n) is 2.41. The van der Waals surface area contributed by atoms with Gasteiger partial charge in [-0.2, -0.15) is 4.84 Å². The third kappa shape index (κ3) is 3.95. The van der Waals surface area contributed by atoms with Gasteiger partial charge in [0, 0.05) is 36.6 Å². The molecule has 25 heavy (non-hydrogen) atoms. The molecule has 1 aromatic heterocycles. The van der Waals surface area contributed by atoms with Crippen molar-refractivity contribution in [2.24, 2.45) is 0 Å². The van der Waals surface area contributed by atoms with Crippen molar-refractivity contribution >= 4 is 23.2 Å². The molecule has 0 saturated carbocycles. The lowest BCUT2D eigenvalue weighted by Crippen LogP contribution is -2.49. The predicted molar refractivity (Wildman–Crippen MR) is 98.0 cm³/mol. The van der Waals surface area contributed by atoms with Crippen LogP contribution < -0.4 is 19.4 Å². The molecule has 0 bridgehead atoms. The zero-order chi connectivity index (χ0) is 17.6. The lowest BCUT2D eigenvalue weighted by Gasteiger charge is -2.19. The monoisotopic (exact) mass is 334 g/mol. The van der Waals surface area contributed by atoms with E-state index in [9.17, 15) is 4.79 Å². The Hall–Kier alpha value is -3.34. The number of hydrogen-bond acceptors (Lipinski definition) is 3. The van der Waals surface area contributed by atoms with Crippen LogP contribution in [0.1, 0.15) is 0 Å². The summed E-state index contributed by atoms with van der Waals surface area (Å²) >= 11 is 0. The highest BCUT2D eigenvalue weighted by Crippen LogP contribution is 2.24. The molecule has 5 nitrogen and oxygen atoms in total. The topological polar surface area (TPSA) is 36.7 Å². The molecule has 3 aromatic rings. The van der Waals surface area contributed by atoms with E-state index in [4.69, 9.17) is 4.84 Å². The van der Waals surface area contributed by atoms with Crippen molar-refractivity contribution in [3.05, 3.63) is 85.2 Å². The maximum absolute atomic E-state index is 12.8. The zero-order valence-electron chi connectivity index (χ0n) is 14.2. The third-order valence-corrected chi connectivity index (χ3v) is 3.70. The summed E-state index contributed by atoms with van der Waals surface area (Å²) in [7, 11) is 3.91. The molecular weight excluding hydrogens is 314 g/mol. The number of hydrogen-bond donors (Lipinski definition) is 0. The van der Waals surface area contributed by atoms with Crippen LogP contribution in [0.25, 0.3) is 0 Å². The molecule has 0 aliphatic carbocycles. The van der Waals surface area contributed by atoms with Gasteiger partial charge < -0.3 is 4.90 Å². The molecule has 0 unspecified atom stereocenters. The fourth-order valence-corrected chi connectivity index (χ4v) is 2.41. The molecular formula is C20H20N3O2+. The van der Waals surface area contributed by atoms with E-state index in [0.717, 1.165) is 17.1 Å². The molecule has 3 rings (SSSR count). The van der Waals surface area contributed by atoms with Crippen LogP contribution in [-0.2, 0) is 0 Å². The molecule has 126 valence electrons. The van der Waals surface area contributed by atoms with Crippen LogP contribution in [0.4, 0.5) is 21.9 Å². The lowest BCUT2D eigenvalue weighted by molar-refractivity contribution is -0.867. The number of anilines is 3. The quantitative estimate of drug-likeness (QED) is 0.686. The molecule has 0 N–H and O–H groups in total. The smallest absolute Gasteiger partial charge is 0.377 e. The van der Waals surface area contributed by atoms with E-state index in [1.54, 1.807) is 12.4 Å². The summed E-state index contributed by atoms with van der Waals surface area (Å²) in [6.07, 6.45) is 2.93. The summed E-state index contributed by atoms with van der Waals surface area (Å²) in [5.74, 6) is 0. The number of pyridine rings is 1. The average Bonchev–Trinajstić information content (AvgIpc) is 2.64. The van der Waals surface area contributed by atoms with Crippen molar-refractivity contribution in [3.63, 3.8) is 0 Å². The van der Waals surface area contributed by atoms with Crippen LogP contribution >= 0.6 is 0 Å². The number of nitrogens with zero attached hydrogens (tertiary/aromatic N) is 3. The van der Waals surface area contributed by atoms with E-state index in [-0.39, 0.29) is 0 Å². The third-order valence-electron chi connectivity index (χ3n) is 3.70. The maximum atomic E-state index is 12.8. The molecule has 0 saturated heterocycles. The number of rotatable bonds is 4. The maximum Gasteiger partial charge on any atom is 0.487 e. The van der Waals surface area contributed by atoms with Gasteiger partial charge >= 0.3 is 6.09 Å². The Morgan fingerprint density at radius 2 is 1.24 bits per heavy atom. The Balaban J connectivity index is 1.87. The number of para-hydroxylation sites is 2. The Bertz CT molecular complexity index is 779. The molecule has 1 amide bonds. The highest BCUT2D eigenvalue weighted by molar-refractivity contribution is 5.95. The number of aromatic nitrogens is 1. The lowest BCUT2D eigenvalue weighted by atomic mass is 10.2. The largest absolute Gasteiger partial charge is 0.487 e. The van der Waals surface area contributed by atoms with Crippen LogP contribution in [0.15, 0.2) is 85.2 Å². The van der Waals surface area contributed by atoms with E-state index < -0.39 is 6.09 Å². The first-order valence-electron chi connectivity index (χ1n) is 7.96. The molecule has 0 atom stereocenters. The van der Waals surface area contributed by atoms with Crippen LogP contribution in [0.2, 0.25) is 0 Å². The van der Waals surface area contributed by atoms with Gasteiger partial charge in [-0.1, -0.05) is 36.4 Å². The molecule has 0 radical (unpaired) electrons. The summed E-state index contributed by atoms with van der Waals surface area (Å²) in [4.78, 5) is 21.8. The van der Waals surface area contributed by atoms with Gasteiger partial charge in [-0.05, 0) is 24.3 Å². The second-order valence-corrected chi connectivity index (χ2v) is 5.67. The van der Waals surface area contributed by atoms with Gasteiger partial charge in [0.1, 0.15) is 0 Å². The summed E-state index contributed by atoms with van der Waals surface area (Å²) in [6, 6.07) is 22.6. The van der Waals surface area contributed by atoms with E-state index in [1.165, 1.54) is 9.63 Å². The molecule has 0 aliphatic rings. The van der Waals surface area contributed by atoms with Crippen LogP contribution in [0, 0.1) is 0 Å². The fraction of sp³-hybridized carbons (Fsp3) is 0.100. The Kier molecular flexibility index (Phi) is 4.95. The van der Waals surface area contributed by atoms with Crippen LogP contribution in [-0.4, -0.2) is 20.2 Å². The van der Waals surface area contributed by atoms with Crippen molar-refractivity contribution in [1.82, 2.24) is 0 Å². The first kappa shape index (κ1) is 16.5. The van der Waals surface area contributed by atoms with Crippen molar-refractivity contribution in [2.75, 3.05) is 23.9 Å². The highest BCUT2D eigenvalue weighted by Gasteiger charge is 2.23. The minimum atomic E-state index is -0.486. The van der Waals surface area contributed by atoms with Gasteiger partial charge in [0.15, 0.2) is 0 Å². The standard InChI is InChI=1S/C20H20N3O2/c1-21(2)17-13-15-22(16-14-17)25-20(24)23(18-9-5-3-6-10-18)19-11-7-4-8-12-19/h3-16H,1-2H3/q+1. The minimum absolute atomic E-state index is 0.486. The van der Waals surface area contributed by atoms with Gasteiger partial charge in [0.25, 0.3) is 0 Å². The molecule has 2 aromatic carbocycles. The van der Waals surface area contributed by atoms with E-state index in [1.807, 2.05) is 91.8 Å². The Morgan fingerprint density at radius 1 is 0.760 bits per heavy atom. The summed E-state index contributed by atoms with van der Waals surface area (Å²) in [5.41, 5.74) is 2.50. The Morgan fingerprint density at radius 3 is 1.68 bits per heavy atom. The molecule has 0 spiro atoms. The van der Waals surface area contributed by atoms with Gasteiger partial charge in [0.2, 0.25) is 12.4 Å². The van der Waals surface area contributed by atoms with E-state index in [2.05, 4.69) is 0 Å². The second-order valence-electron chi connectivity index (χ2n) is 5.67. The molecule has 5 heteroatoms. The van der Waals surface area contributed by atoms with Gasteiger partial charge in [-0.3, -0.25) is 0 Å². The summed E-state index contributed by atoms with van der Waals surface area (Å²) in [5, 5.41) is 0. The SMILES string of the molecule is CN(C)c1cc[n+](OC(=O)N(c2ccccc2)c2ccccc2)cc1. The summed E-state index contributed by atoms with van der Waals surface area (Å²) in [6.45, 7) is 0. The summed E-state index contributed by atoms with van der Waals surface area (Å²) < 4.78 is 1.40. The number of carbonyl (C=O) groups is 1. The van der Waals surface area contributed by atoms with E-state index in [0.29, 0.717) is 0 Å². The van der Waals surface area contributed by atoms with Crippen molar-refractivity contribution in [1.29, 1.82) is 0 Å². The second kappa shape index (κ2) is 7.49. The number of benzene rings is 2. The van der Waals surface area contributed by atoms with Crippen molar-refractivity contribution < 1.29 is 14.4 Å². The number of carbonyl (C=O) groups excluding carboxylic acids is 1. The van der Waals surface area contributed by atoms with Crippen molar-refractivity contribution in [3.8, 4) is 0 Å². The zero-order valence-corrected chi connectivity index (χ0v) is 14.2. The predicted octanol–water partition coefficient (Wildman–Crippen LogP) is 3.43. The highest BCUT2D eigenvalue weighted by atomic mass is 16.7. The first-order valence-corrected chi connectivity index (χ1v) is 7.96. The van der Waals surface area contributed by atoms with Gasteiger partial charge in [-0.25, -0.2) is 9.69 Å². The van der Waals surface area contributed by atoms with Gasteiger partial charge in [0.05, 0.1) is 11.4 Å². The Labute approximate surface area is 147 Å².